The minimum Gasteiger partial charge on any atom is -0.494 e. The molecule has 0 fully saturated rings. The molecule has 1 N–H and O–H groups in total. The second kappa shape index (κ2) is 6.42. The molecule has 0 spiro atoms. The summed E-state index contributed by atoms with van der Waals surface area (Å²) in [6.45, 7) is 6.38. The van der Waals surface area contributed by atoms with Crippen LogP contribution in [-0.4, -0.2) is 11.7 Å². The number of rotatable bonds is 6. The van der Waals surface area contributed by atoms with E-state index in [2.05, 4.69) is 6.07 Å². The summed E-state index contributed by atoms with van der Waals surface area (Å²) < 4.78 is 5.53. The van der Waals surface area contributed by atoms with E-state index in [1.54, 1.807) is 6.92 Å². The van der Waals surface area contributed by atoms with E-state index in [1.165, 1.54) is 0 Å². The maximum Gasteiger partial charge on any atom is 0.119 e. The second-order valence-corrected chi connectivity index (χ2v) is 4.71. The smallest absolute Gasteiger partial charge is 0.119 e. The van der Waals surface area contributed by atoms with Crippen LogP contribution in [0.2, 0.25) is 0 Å². The maximum atomic E-state index is 10.3. The van der Waals surface area contributed by atoms with E-state index < -0.39 is 11.5 Å². The molecular weight excluding hydrogens is 226 g/mol. The highest BCUT2D eigenvalue weighted by Crippen LogP contribution is 2.36. The zero-order valence-electron chi connectivity index (χ0n) is 11.3. The first kappa shape index (κ1) is 14.5. The minimum absolute atomic E-state index is 0.602. The molecule has 0 radical (unpaired) electrons. The fourth-order valence-corrected chi connectivity index (χ4v) is 1.70. The highest BCUT2D eigenvalue weighted by Gasteiger charge is 2.32. The lowest BCUT2D eigenvalue weighted by Crippen LogP contribution is -2.22. The molecule has 18 heavy (non-hydrogen) atoms. The molecule has 0 aromatic heterocycles. The van der Waals surface area contributed by atoms with Crippen LogP contribution in [-0.2, 0) is 0 Å². The molecule has 0 aliphatic heterocycles. The van der Waals surface area contributed by atoms with Gasteiger partial charge in [0.15, 0.2) is 0 Å². The molecule has 2 atom stereocenters. The second-order valence-electron chi connectivity index (χ2n) is 4.71. The van der Waals surface area contributed by atoms with Crippen molar-refractivity contribution in [3.8, 4) is 11.8 Å². The van der Waals surface area contributed by atoms with Crippen LogP contribution in [0, 0.1) is 16.7 Å². The topological polar surface area (TPSA) is 53.2 Å². The molecule has 0 bridgehead atoms. The van der Waals surface area contributed by atoms with E-state index in [0.717, 1.165) is 17.7 Å². The predicted molar refractivity (Wildman–Crippen MR) is 71.2 cm³/mol. The molecular formula is C15H21NO2. The van der Waals surface area contributed by atoms with E-state index in [-0.39, 0.29) is 0 Å². The van der Waals surface area contributed by atoms with Gasteiger partial charge in [-0.3, -0.25) is 0 Å². The fourth-order valence-electron chi connectivity index (χ4n) is 1.70. The molecule has 98 valence electrons. The first-order valence-corrected chi connectivity index (χ1v) is 6.39. The summed E-state index contributed by atoms with van der Waals surface area (Å²) >= 11 is 0. The average molecular weight is 247 g/mol. The van der Waals surface area contributed by atoms with Gasteiger partial charge < -0.3 is 9.84 Å². The molecule has 0 saturated heterocycles. The summed E-state index contributed by atoms with van der Waals surface area (Å²) in [6.07, 6.45) is 0.750. The Morgan fingerprint density at radius 2 is 2.17 bits per heavy atom. The fraction of sp³-hybridized carbons (Fsp3) is 0.533. The molecule has 1 aromatic carbocycles. The number of aliphatic hydroxyl groups excluding tert-OH is 1. The molecule has 0 aliphatic rings. The Morgan fingerprint density at radius 3 is 2.72 bits per heavy atom. The molecule has 3 heteroatoms. The molecule has 0 saturated carbocycles. The number of nitriles is 1. The number of hydrogen-bond donors (Lipinski definition) is 1. The molecule has 0 heterocycles. The van der Waals surface area contributed by atoms with Crippen LogP contribution in [0.25, 0.3) is 0 Å². The van der Waals surface area contributed by atoms with E-state index in [0.29, 0.717) is 13.0 Å². The Bertz CT molecular complexity index is 425. The summed E-state index contributed by atoms with van der Waals surface area (Å²) in [5.74, 6) is 0.741. The Morgan fingerprint density at radius 1 is 1.44 bits per heavy atom. The summed E-state index contributed by atoms with van der Waals surface area (Å²) in [6, 6.07) is 9.54. The quantitative estimate of drug-likeness (QED) is 0.837. The van der Waals surface area contributed by atoms with Crippen molar-refractivity contribution >= 4 is 0 Å². The third kappa shape index (κ3) is 3.24. The number of aliphatic hydroxyl groups is 1. The highest BCUT2D eigenvalue weighted by atomic mass is 16.5. The Labute approximate surface area is 109 Å². The van der Waals surface area contributed by atoms with Crippen molar-refractivity contribution in [3.05, 3.63) is 29.8 Å². The SMILES string of the molecule is CCCOc1cccc(C(O)C(C)(C#N)CC)c1. The highest BCUT2D eigenvalue weighted by molar-refractivity contribution is 5.31. The Hall–Kier alpha value is -1.53. The summed E-state index contributed by atoms with van der Waals surface area (Å²) in [4.78, 5) is 0. The van der Waals surface area contributed by atoms with Crippen molar-refractivity contribution in [2.45, 2.75) is 39.7 Å². The lowest BCUT2D eigenvalue weighted by atomic mass is 9.80. The van der Waals surface area contributed by atoms with Gasteiger partial charge in [0.2, 0.25) is 0 Å². The lowest BCUT2D eigenvalue weighted by Gasteiger charge is -2.26. The van der Waals surface area contributed by atoms with Gasteiger partial charge in [-0.05, 0) is 37.5 Å². The molecule has 2 unspecified atom stereocenters. The van der Waals surface area contributed by atoms with Gasteiger partial charge in [0.25, 0.3) is 0 Å². The molecule has 1 rings (SSSR count). The summed E-state index contributed by atoms with van der Waals surface area (Å²) in [5.41, 5.74) is -0.0295. The first-order valence-electron chi connectivity index (χ1n) is 6.39. The van der Waals surface area contributed by atoms with Crippen molar-refractivity contribution in [1.29, 1.82) is 5.26 Å². The van der Waals surface area contributed by atoms with Crippen molar-refractivity contribution in [1.82, 2.24) is 0 Å². The molecule has 3 nitrogen and oxygen atoms in total. The van der Waals surface area contributed by atoms with Gasteiger partial charge in [-0.15, -0.1) is 0 Å². The zero-order valence-corrected chi connectivity index (χ0v) is 11.3. The van der Waals surface area contributed by atoms with Crippen molar-refractivity contribution in [2.75, 3.05) is 6.61 Å². The van der Waals surface area contributed by atoms with E-state index in [9.17, 15) is 10.4 Å². The van der Waals surface area contributed by atoms with Crippen LogP contribution in [0.15, 0.2) is 24.3 Å². The monoisotopic (exact) mass is 247 g/mol. The van der Waals surface area contributed by atoms with E-state index in [1.807, 2.05) is 38.1 Å². The number of nitrogens with zero attached hydrogens (tertiary/aromatic N) is 1. The summed E-state index contributed by atoms with van der Waals surface area (Å²) in [7, 11) is 0. The van der Waals surface area contributed by atoms with Gasteiger partial charge in [-0.2, -0.15) is 5.26 Å². The molecule has 0 aliphatic carbocycles. The number of benzene rings is 1. The standard InChI is InChI=1S/C15H21NO2/c1-4-9-18-13-8-6-7-12(10-13)14(17)15(3,5-2)11-16/h6-8,10,14,17H,4-5,9H2,1-3H3. The van der Waals surface area contributed by atoms with Crippen molar-refractivity contribution in [2.24, 2.45) is 5.41 Å². The first-order chi connectivity index (χ1) is 8.57. The van der Waals surface area contributed by atoms with Gasteiger partial charge in [0.1, 0.15) is 5.75 Å². The largest absolute Gasteiger partial charge is 0.494 e. The van der Waals surface area contributed by atoms with Gasteiger partial charge in [0.05, 0.1) is 24.2 Å². The third-order valence-corrected chi connectivity index (χ3v) is 3.24. The Kier molecular flexibility index (Phi) is 5.18. The van der Waals surface area contributed by atoms with Gasteiger partial charge in [0, 0.05) is 0 Å². The zero-order chi connectivity index (χ0) is 13.6. The molecule has 0 amide bonds. The van der Waals surface area contributed by atoms with Crippen LogP contribution in [0.1, 0.15) is 45.3 Å². The van der Waals surface area contributed by atoms with Crippen LogP contribution in [0.5, 0.6) is 5.75 Å². The van der Waals surface area contributed by atoms with Crippen LogP contribution < -0.4 is 4.74 Å². The van der Waals surface area contributed by atoms with Gasteiger partial charge in [-0.1, -0.05) is 26.0 Å². The predicted octanol–water partition coefficient (Wildman–Crippen LogP) is 3.45. The average Bonchev–Trinajstić information content (AvgIpc) is 2.43. The van der Waals surface area contributed by atoms with Crippen LogP contribution >= 0.6 is 0 Å². The van der Waals surface area contributed by atoms with Crippen LogP contribution in [0.3, 0.4) is 0 Å². The Balaban J connectivity index is 2.93. The lowest BCUT2D eigenvalue weighted by molar-refractivity contribution is 0.0719. The third-order valence-electron chi connectivity index (χ3n) is 3.24. The minimum atomic E-state index is -0.794. The van der Waals surface area contributed by atoms with Gasteiger partial charge >= 0.3 is 0 Å². The normalized spacial score (nSPS) is 15.5. The van der Waals surface area contributed by atoms with Crippen LogP contribution in [0.4, 0.5) is 0 Å². The number of ether oxygens (including phenoxy) is 1. The van der Waals surface area contributed by atoms with Gasteiger partial charge in [-0.25, -0.2) is 0 Å². The van der Waals surface area contributed by atoms with Crippen molar-refractivity contribution < 1.29 is 9.84 Å². The maximum absolute atomic E-state index is 10.3. The molecule has 1 aromatic rings. The van der Waals surface area contributed by atoms with E-state index >= 15 is 0 Å². The number of hydrogen-bond acceptors (Lipinski definition) is 3. The summed E-state index contributed by atoms with van der Waals surface area (Å²) in [5, 5.41) is 19.5. The van der Waals surface area contributed by atoms with E-state index in [4.69, 9.17) is 4.74 Å². The van der Waals surface area contributed by atoms with Crippen molar-refractivity contribution in [3.63, 3.8) is 0 Å².